The fourth-order valence-corrected chi connectivity index (χ4v) is 2.43. The van der Waals surface area contributed by atoms with Crippen LogP contribution < -0.4 is 10.5 Å². The van der Waals surface area contributed by atoms with Crippen molar-refractivity contribution in [1.29, 1.82) is 0 Å². The van der Waals surface area contributed by atoms with Crippen molar-refractivity contribution in [3.05, 3.63) is 18.2 Å². The fraction of sp³-hybridized carbons (Fsp3) is 0.467. The van der Waals surface area contributed by atoms with Gasteiger partial charge in [0.05, 0.1) is 18.1 Å². The highest BCUT2D eigenvalue weighted by atomic mass is 16.5. The molecule has 1 heterocycles. The van der Waals surface area contributed by atoms with Crippen LogP contribution in [0.5, 0.6) is 5.75 Å². The smallest absolute Gasteiger partial charge is 0.224 e. The topological polar surface area (TPSA) is 73.4 Å². The Morgan fingerprint density at radius 2 is 2.10 bits per heavy atom. The number of benzene rings is 1. The summed E-state index contributed by atoms with van der Waals surface area (Å²) in [5.41, 5.74) is 7.66. The Hall–Kier alpha value is -2.24. The van der Waals surface area contributed by atoms with E-state index in [-0.39, 0.29) is 5.91 Å². The van der Waals surface area contributed by atoms with Crippen molar-refractivity contribution in [1.82, 2.24) is 14.5 Å². The molecule has 6 nitrogen and oxygen atoms in total. The van der Waals surface area contributed by atoms with E-state index in [1.165, 1.54) is 0 Å². The molecule has 2 rings (SSSR count). The molecule has 0 atom stereocenters. The number of carbonyl (C=O) groups is 1. The van der Waals surface area contributed by atoms with Crippen molar-refractivity contribution in [2.45, 2.75) is 26.8 Å². The third kappa shape index (κ3) is 3.09. The maximum atomic E-state index is 12.1. The first-order chi connectivity index (χ1) is 10.1. The number of imidazole rings is 1. The molecule has 0 saturated heterocycles. The van der Waals surface area contributed by atoms with Gasteiger partial charge in [-0.3, -0.25) is 4.79 Å². The first-order valence-corrected chi connectivity index (χ1v) is 7.18. The average Bonchev–Trinajstić information content (AvgIpc) is 2.80. The predicted molar refractivity (Wildman–Crippen MR) is 83.2 cm³/mol. The zero-order valence-corrected chi connectivity index (χ0v) is 12.8. The molecule has 1 aromatic carbocycles. The van der Waals surface area contributed by atoms with Crippen molar-refractivity contribution < 1.29 is 9.53 Å². The Bertz CT molecular complexity index is 632. The highest BCUT2D eigenvalue weighted by Crippen LogP contribution is 2.23. The van der Waals surface area contributed by atoms with Gasteiger partial charge in [-0.15, -0.1) is 0 Å². The molecule has 2 aromatic rings. The number of rotatable bonds is 6. The van der Waals surface area contributed by atoms with Crippen LogP contribution in [0.3, 0.4) is 0 Å². The largest absolute Gasteiger partial charge is 0.497 e. The zero-order valence-electron chi connectivity index (χ0n) is 12.8. The van der Waals surface area contributed by atoms with Gasteiger partial charge < -0.3 is 19.9 Å². The van der Waals surface area contributed by atoms with Gasteiger partial charge in [0.1, 0.15) is 5.75 Å². The summed E-state index contributed by atoms with van der Waals surface area (Å²) in [4.78, 5) is 18.2. The van der Waals surface area contributed by atoms with Crippen LogP contribution in [-0.4, -0.2) is 40.6 Å². The Balaban J connectivity index is 2.21. The molecule has 1 amide bonds. The zero-order chi connectivity index (χ0) is 15.4. The van der Waals surface area contributed by atoms with E-state index < -0.39 is 0 Å². The number of anilines is 1. The van der Waals surface area contributed by atoms with Gasteiger partial charge >= 0.3 is 0 Å². The monoisotopic (exact) mass is 290 g/mol. The summed E-state index contributed by atoms with van der Waals surface area (Å²) in [6.45, 7) is 5.93. The molecule has 0 fully saturated rings. The summed E-state index contributed by atoms with van der Waals surface area (Å²) in [6, 6.07) is 5.61. The standard InChI is InChI=1S/C15H22N4O2/c1-4-18(5-2)14(20)8-9-19-13-10-11(21-3)6-7-12(13)17-15(19)16/h6-7,10H,4-5,8-9H2,1-3H3,(H2,16,17). The molecule has 0 bridgehead atoms. The van der Waals surface area contributed by atoms with E-state index in [0.29, 0.717) is 18.9 Å². The van der Waals surface area contributed by atoms with Crippen molar-refractivity contribution in [3.8, 4) is 5.75 Å². The molecule has 0 radical (unpaired) electrons. The van der Waals surface area contributed by atoms with Gasteiger partial charge in [0.2, 0.25) is 11.9 Å². The highest BCUT2D eigenvalue weighted by Gasteiger charge is 2.13. The van der Waals surface area contributed by atoms with Crippen LogP contribution >= 0.6 is 0 Å². The number of ether oxygens (including phenoxy) is 1. The van der Waals surface area contributed by atoms with E-state index in [0.717, 1.165) is 29.9 Å². The molecule has 0 aliphatic rings. The van der Waals surface area contributed by atoms with E-state index >= 15 is 0 Å². The molecule has 2 N–H and O–H groups in total. The minimum absolute atomic E-state index is 0.129. The van der Waals surface area contributed by atoms with E-state index in [4.69, 9.17) is 10.5 Å². The summed E-state index contributed by atoms with van der Waals surface area (Å²) in [5, 5.41) is 0. The molecule has 0 saturated carbocycles. The Kier molecular flexibility index (Phi) is 4.67. The summed E-state index contributed by atoms with van der Waals surface area (Å²) in [5.74, 6) is 1.30. The maximum absolute atomic E-state index is 12.1. The average molecular weight is 290 g/mol. The molecule has 21 heavy (non-hydrogen) atoms. The molecule has 1 aromatic heterocycles. The Morgan fingerprint density at radius 1 is 1.38 bits per heavy atom. The summed E-state index contributed by atoms with van der Waals surface area (Å²) >= 11 is 0. The normalized spacial score (nSPS) is 10.8. The Labute approximate surface area is 124 Å². The molecular weight excluding hydrogens is 268 g/mol. The summed E-state index contributed by atoms with van der Waals surface area (Å²) in [7, 11) is 1.62. The third-order valence-corrected chi connectivity index (χ3v) is 3.65. The lowest BCUT2D eigenvalue weighted by atomic mass is 10.3. The second-order valence-corrected chi connectivity index (χ2v) is 4.79. The van der Waals surface area contributed by atoms with Crippen molar-refractivity contribution in [3.63, 3.8) is 0 Å². The first-order valence-electron chi connectivity index (χ1n) is 7.18. The van der Waals surface area contributed by atoms with Crippen molar-refractivity contribution in [2.75, 3.05) is 25.9 Å². The lowest BCUT2D eigenvalue weighted by Gasteiger charge is -2.18. The van der Waals surface area contributed by atoms with E-state index in [1.807, 2.05) is 41.5 Å². The molecule has 0 aliphatic heterocycles. The van der Waals surface area contributed by atoms with Gasteiger partial charge in [-0.05, 0) is 26.0 Å². The number of aryl methyl sites for hydroxylation is 1. The number of aromatic nitrogens is 2. The third-order valence-electron chi connectivity index (χ3n) is 3.65. The van der Waals surface area contributed by atoms with E-state index in [2.05, 4.69) is 4.98 Å². The van der Waals surface area contributed by atoms with Gasteiger partial charge in [0.15, 0.2) is 0 Å². The summed E-state index contributed by atoms with van der Waals surface area (Å²) in [6.07, 6.45) is 0.411. The minimum Gasteiger partial charge on any atom is -0.497 e. The van der Waals surface area contributed by atoms with Crippen LogP contribution in [0.4, 0.5) is 5.95 Å². The molecule has 114 valence electrons. The number of hydrogen-bond donors (Lipinski definition) is 1. The van der Waals surface area contributed by atoms with Crippen LogP contribution in [0.1, 0.15) is 20.3 Å². The SMILES string of the molecule is CCN(CC)C(=O)CCn1c(N)nc2ccc(OC)cc21. The number of nitrogens with zero attached hydrogens (tertiary/aromatic N) is 3. The number of carbonyl (C=O) groups excluding carboxylic acids is 1. The van der Waals surface area contributed by atoms with Crippen LogP contribution in [0, 0.1) is 0 Å². The quantitative estimate of drug-likeness (QED) is 0.881. The number of nitrogens with two attached hydrogens (primary N) is 1. The van der Waals surface area contributed by atoms with Gasteiger partial charge in [0, 0.05) is 32.1 Å². The number of amides is 1. The van der Waals surface area contributed by atoms with Crippen LogP contribution in [-0.2, 0) is 11.3 Å². The maximum Gasteiger partial charge on any atom is 0.224 e. The lowest BCUT2D eigenvalue weighted by Crippen LogP contribution is -2.31. The molecule has 0 unspecified atom stereocenters. The minimum atomic E-state index is 0.129. The molecule has 6 heteroatoms. The van der Waals surface area contributed by atoms with Gasteiger partial charge in [0.25, 0.3) is 0 Å². The van der Waals surface area contributed by atoms with Crippen LogP contribution in [0.15, 0.2) is 18.2 Å². The molecular formula is C15H22N4O2. The summed E-state index contributed by atoms with van der Waals surface area (Å²) < 4.78 is 7.09. The number of nitrogen functional groups attached to an aromatic ring is 1. The highest BCUT2D eigenvalue weighted by molar-refractivity contribution is 5.80. The fourth-order valence-electron chi connectivity index (χ4n) is 2.43. The van der Waals surface area contributed by atoms with Crippen LogP contribution in [0.2, 0.25) is 0 Å². The van der Waals surface area contributed by atoms with Crippen LogP contribution in [0.25, 0.3) is 11.0 Å². The lowest BCUT2D eigenvalue weighted by molar-refractivity contribution is -0.131. The number of fused-ring (bicyclic) bond motifs is 1. The predicted octanol–water partition coefficient (Wildman–Crippen LogP) is 1.89. The number of hydrogen-bond acceptors (Lipinski definition) is 4. The van der Waals surface area contributed by atoms with Crippen molar-refractivity contribution >= 4 is 22.9 Å². The number of methoxy groups -OCH3 is 1. The first kappa shape index (κ1) is 15.2. The van der Waals surface area contributed by atoms with E-state index in [1.54, 1.807) is 7.11 Å². The van der Waals surface area contributed by atoms with Gasteiger partial charge in [-0.2, -0.15) is 0 Å². The molecule has 0 spiro atoms. The second-order valence-electron chi connectivity index (χ2n) is 4.79. The van der Waals surface area contributed by atoms with Gasteiger partial charge in [-0.25, -0.2) is 4.98 Å². The van der Waals surface area contributed by atoms with Gasteiger partial charge in [-0.1, -0.05) is 0 Å². The molecule has 0 aliphatic carbocycles. The van der Waals surface area contributed by atoms with Crippen molar-refractivity contribution in [2.24, 2.45) is 0 Å². The Morgan fingerprint density at radius 3 is 2.71 bits per heavy atom. The second kappa shape index (κ2) is 6.47. The van der Waals surface area contributed by atoms with E-state index in [9.17, 15) is 4.79 Å².